The van der Waals surface area contributed by atoms with Gasteiger partial charge in [0.05, 0.1) is 18.3 Å². The van der Waals surface area contributed by atoms with E-state index in [0.29, 0.717) is 11.3 Å². The molecule has 0 bridgehead atoms. The molecular formula is C15H16N2O7S. The lowest BCUT2D eigenvalue weighted by Crippen LogP contribution is -2.53. The van der Waals surface area contributed by atoms with Crippen LogP contribution in [0.25, 0.3) is 0 Å². The maximum absolute atomic E-state index is 13.0. The van der Waals surface area contributed by atoms with E-state index in [2.05, 4.69) is 0 Å². The third kappa shape index (κ3) is 2.89. The smallest absolute Gasteiger partial charge is 0.264 e. The Balaban J connectivity index is 2.06. The summed E-state index contributed by atoms with van der Waals surface area (Å²) in [6, 6.07) is 5.55. The molecule has 2 atom stereocenters. The van der Waals surface area contributed by atoms with Crippen LogP contribution in [0.15, 0.2) is 45.9 Å². The van der Waals surface area contributed by atoms with Crippen molar-refractivity contribution in [3.05, 3.63) is 47.9 Å². The summed E-state index contributed by atoms with van der Waals surface area (Å²) < 4.78 is 36.9. The average molecular weight is 368 g/mol. The Morgan fingerprint density at radius 3 is 2.60 bits per heavy atom. The average Bonchev–Trinajstić information content (AvgIpc) is 3.10. The maximum atomic E-state index is 13.0. The van der Waals surface area contributed by atoms with E-state index in [1.165, 1.54) is 49.2 Å². The number of ether oxygens (including phenoxy) is 1. The molecule has 0 saturated carbocycles. The summed E-state index contributed by atoms with van der Waals surface area (Å²) in [5.41, 5.74) is 1.83. The van der Waals surface area contributed by atoms with Gasteiger partial charge in [0.1, 0.15) is 23.7 Å². The van der Waals surface area contributed by atoms with Gasteiger partial charge in [-0.2, -0.15) is 4.31 Å². The SMILES string of the molecule is COc1ccc(S(=O)(=O)N2Cc3ccoc3C(O)C2C(=O)NO)cc1. The number of aliphatic hydroxyl groups excluding tert-OH is 1. The predicted molar refractivity (Wildman–Crippen MR) is 83.1 cm³/mol. The van der Waals surface area contributed by atoms with Crippen molar-refractivity contribution >= 4 is 15.9 Å². The van der Waals surface area contributed by atoms with Crippen molar-refractivity contribution in [3.63, 3.8) is 0 Å². The van der Waals surface area contributed by atoms with Crippen LogP contribution in [-0.2, 0) is 21.4 Å². The van der Waals surface area contributed by atoms with Crippen LogP contribution in [0.4, 0.5) is 0 Å². The van der Waals surface area contributed by atoms with Crippen molar-refractivity contribution in [2.75, 3.05) is 7.11 Å². The Morgan fingerprint density at radius 1 is 1.32 bits per heavy atom. The van der Waals surface area contributed by atoms with Crippen LogP contribution in [0.1, 0.15) is 17.4 Å². The van der Waals surface area contributed by atoms with Gasteiger partial charge in [0.15, 0.2) is 0 Å². The zero-order valence-electron chi connectivity index (χ0n) is 13.1. The zero-order valence-corrected chi connectivity index (χ0v) is 13.9. The Morgan fingerprint density at radius 2 is 2.00 bits per heavy atom. The molecule has 0 spiro atoms. The van der Waals surface area contributed by atoms with Crippen LogP contribution in [0.5, 0.6) is 5.75 Å². The van der Waals surface area contributed by atoms with Crippen molar-refractivity contribution in [2.24, 2.45) is 0 Å². The molecule has 0 saturated heterocycles. The molecule has 1 aliphatic rings. The van der Waals surface area contributed by atoms with Gasteiger partial charge in [0.2, 0.25) is 10.0 Å². The molecule has 1 aliphatic heterocycles. The molecule has 1 aromatic carbocycles. The second-order valence-electron chi connectivity index (χ2n) is 5.40. The first-order valence-corrected chi connectivity index (χ1v) is 8.68. The number of sulfonamides is 1. The standard InChI is InChI=1S/C15H16N2O7S/c1-23-10-2-4-11(5-3-10)25(21,22)17-8-9-6-7-24-14(9)13(18)12(17)15(19)16-20/h2-7,12-13,18,20H,8H2,1H3,(H,16,19). The number of hydroxylamine groups is 1. The van der Waals surface area contributed by atoms with Gasteiger partial charge in [0.25, 0.3) is 5.91 Å². The molecule has 10 heteroatoms. The number of hydrogen-bond donors (Lipinski definition) is 3. The van der Waals surface area contributed by atoms with Gasteiger partial charge in [-0.1, -0.05) is 0 Å². The molecule has 2 aromatic rings. The van der Waals surface area contributed by atoms with Crippen LogP contribution in [0.3, 0.4) is 0 Å². The number of nitrogens with one attached hydrogen (secondary N) is 1. The fourth-order valence-electron chi connectivity index (χ4n) is 2.76. The number of carbonyl (C=O) groups is 1. The number of nitrogens with zero attached hydrogens (tertiary/aromatic N) is 1. The topological polar surface area (TPSA) is 129 Å². The van der Waals surface area contributed by atoms with Crippen LogP contribution < -0.4 is 10.2 Å². The Kier molecular flexibility index (Phi) is 4.52. The van der Waals surface area contributed by atoms with Crippen LogP contribution in [-0.4, -0.2) is 42.1 Å². The van der Waals surface area contributed by atoms with E-state index in [1.54, 1.807) is 0 Å². The Bertz CT molecular complexity index is 876. The number of aliphatic hydroxyl groups is 1. The molecule has 3 N–H and O–H groups in total. The molecule has 134 valence electrons. The largest absolute Gasteiger partial charge is 0.497 e. The minimum atomic E-state index is -4.14. The summed E-state index contributed by atoms with van der Waals surface area (Å²) in [6.07, 6.45) is -0.260. The number of benzene rings is 1. The lowest BCUT2D eigenvalue weighted by molar-refractivity contribution is -0.138. The van der Waals surface area contributed by atoms with Crippen molar-refractivity contribution in [2.45, 2.75) is 23.6 Å². The summed E-state index contributed by atoms with van der Waals surface area (Å²) in [5, 5.41) is 19.3. The molecule has 0 radical (unpaired) electrons. The molecule has 0 aliphatic carbocycles. The van der Waals surface area contributed by atoms with Gasteiger partial charge in [-0.25, -0.2) is 13.9 Å². The Labute approximate surface area is 143 Å². The zero-order chi connectivity index (χ0) is 18.2. The number of hydrogen-bond acceptors (Lipinski definition) is 7. The van der Waals surface area contributed by atoms with E-state index in [-0.39, 0.29) is 17.2 Å². The highest BCUT2D eigenvalue weighted by Gasteiger charge is 2.46. The van der Waals surface area contributed by atoms with Gasteiger partial charge >= 0.3 is 0 Å². The van der Waals surface area contributed by atoms with Gasteiger partial charge in [0, 0.05) is 12.1 Å². The summed E-state index contributed by atoms with van der Waals surface area (Å²) >= 11 is 0. The highest BCUT2D eigenvalue weighted by Crippen LogP contribution is 2.36. The minimum absolute atomic E-state index is 0.0804. The number of rotatable bonds is 4. The molecule has 2 unspecified atom stereocenters. The van der Waals surface area contributed by atoms with Gasteiger partial charge in [-0.3, -0.25) is 10.0 Å². The highest BCUT2D eigenvalue weighted by molar-refractivity contribution is 7.89. The van der Waals surface area contributed by atoms with Crippen molar-refractivity contribution in [3.8, 4) is 5.75 Å². The molecular weight excluding hydrogens is 352 g/mol. The fraction of sp³-hybridized carbons (Fsp3) is 0.267. The van der Waals surface area contributed by atoms with E-state index in [0.717, 1.165) is 4.31 Å². The third-order valence-corrected chi connectivity index (χ3v) is 5.87. The minimum Gasteiger partial charge on any atom is -0.497 e. The summed E-state index contributed by atoms with van der Waals surface area (Å²) in [4.78, 5) is 11.9. The lowest BCUT2D eigenvalue weighted by Gasteiger charge is -2.35. The summed E-state index contributed by atoms with van der Waals surface area (Å²) in [6.45, 7) is -0.185. The first-order chi connectivity index (χ1) is 11.9. The summed E-state index contributed by atoms with van der Waals surface area (Å²) in [7, 11) is -2.69. The maximum Gasteiger partial charge on any atom is 0.264 e. The quantitative estimate of drug-likeness (QED) is 0.526. The number of furan rings is 1. The number of fused-ring (bicyclic) bond motifs is 1. The van der Waals surface area contributed by atoms with Gasteiger partial charge < -0.3 is 14.3 Å². The summed E-state index contributed by atoms with van der Waals surface area (Å²) in [5.74, 6) is -0.499. The van der Waals surface area contributed by atoms with Crippen LogP contribution in [0.2, 0.25) is 0 Å². The van der Waals surface area contributed by atoms with Crippen molar-refractivity contribution in [1.82, 2.24) is 9.79 Å². The van der Waals surface area contributed by atoms with Crippen molar-refractivity contribution < 1.29 is 32.7 Å². The van der Waals surface area contributed by atoms with Crippen LogP contribution >= 0.6 is 0 Å². The second kappa shape index (κ2) is 6.48. The molecule has 25 heavy (non-hydrogen) atoms. The molecule has 1 aromatic heterocycles. The number of methoxy groups -OCH3 is 1. The van der Waals surface area contributed by atoms with Gasteiger partial charge in [-0.15, -0.1) is 0 Å². The number of amides is 1. The monoisotopic (exact) mass is 368 g/mol. The molecule has 3 rings (SSSR count). The Hall–Kier alpha value is -2.40. The van der Waals surface area contributed by atoms with E-state index < -0.39 is 28.1 Å². The lowest BCUT2D eigenvalue weighted by atomic mass is 10.00. The molecule has 9 nitrogen and oxygen atoms in total. The van der Waals surface area contributed by atoms with E-state index in [1.807, 2.05) is 0 Å². The molecule has 2 heterocycles. The van der Waals surface area contributed by atoms with E-state index in [4.69, 9.17) is 14.4 Å². The van der Waals surface area contributed by atoms with Crippen molar-refractivity contribution in [1.29, 1.82) is 0 Å². The fourth-order valence-corrected chi connectivity index (χ4v) is 4.33. The third-order valence-electron chi connectivity index (χ3n) is 4.03. The first-order valence-electron chi connectivity index (χ1n) is 7.24. The first kappa shape index (κ1) is 17.4. The molecule has 1 amide bonds. The molecule has 0 fully saturated rings. The van der Waals surface area contributed by atoms with Gasteiger partial charge in [-0.05, 0) is 30.3 Å². The second-order valence-corrected chi connectivity index (χ2v) is 7.29. The normalized spacial score (nSPS) is 20.8. The van der Waals surface area contributed by atoms with E-state index >= 15 is 0 Å². The van der Waals surface area contributed by atoms with E-state index in [9.17, 15) is 18.3 Å². The predicted octanol–water partition coefficient (Wildman–Crippen LogP) is 0.400. The number of carbonyl (C=O) groups excluding carboxylic acids is 1. The highest BCUT2D eigenvalue weighted by atomic mass is 32.2. The van der Waals surface area contributed by atoms with Crippen LogP contribution in [0, 0.1) is 0 Å².